The molecule has 1 atom stereocenters. The zero-order valence-electron chi connectivity index (χ0n) is 9.66. The summed E-state index contributed by atoms with van der Waals surface area (Å²) in [5.74, 6) is 1.01. The van der Waals surface area contributed by atoms with E-state index >= 15 is 0 Å². The molecule has 0 radical (unpaired) electrons. The lowest BCUT2D eigenvalue weighted by Crippen LogP contribution is -2.29. The van der Waals surface area contributed by atoms with Crippen LogP contribution in [0.15, 0.2) is 4.99 Å². The van der Waals surface area contributed by atoms with E-state index < -0.39 is 0 Å². The van der Waals surface area contributed by atoms with Crippen molar-refractivity contribution in [1.29, 1.82) is 0 Å². The van der Waals surface area contributed by atoms with Gasteiger partial charge in [-0.25, -0.2) is 0 Å². The molecule has 1 aliphatic carbocycles. The summed E-state index contributed by atoms with van der Waals surface area (Å²) in [6.07, 6.45) is 3.28. The maximum absolute atomic E-state index is 11.2. The Bertz CT molecular complexity index is 289. The molecule has 0 saturated heterocycles. The quantitative estimate of drug-likeness (QED) is 0.754. The molecule has 1 saturated carbocycles. The molecule has 0 aromatic rings. The summed E-state index contributed by atoms with van der Waals surface area (Å²) in [4.78, 5) is 15.7. The first-order chi connectivity index (χ1) is 7.79. The lowest BCUT2D eigenvalue weighted by atomic mass is 10.3. The van der Waals surface area contributed by atoms with E-state index in [1.54, 1.807) is 0 Å². The number of nitrogens with zero attached hydrogens (tertiary/aromatic N) is 1. The number of amidine groups is 1. The molecule has 16 heavy (non-hydrogen) atoms. The maximum Gasteiger partial charge on any atom is 0.221 e. The first kappa shape index (κ1) is 11.8. The van der Waals surface area contributed by atoms with Gasteiger partial charge in [-0.15, -0.1) is 0 Å². The average Bonchev–Trinajstić information content (AvgIpc) is 3.00. The van der Waals surface area contributed by atoms with Crippen molar-refractivity contribution in [1.82, 2.24) is 10.6 Å². The molecule has 0 bridgehead atoms. The Hall–Kier alpha value is -0.710. The van der Waals surface area contributed by atoms with E-state index in [0.717, 1.165) is 17.6 Å². The monoisotopic (exact) mass is 241 g/mol. The molecule has 1 fully saturated rings. The van der Waals surface area contributed by atoms with Crippen LogP contribution in [0.5, 0.6) is 0 Å². The zero-order chi connectivity index (χ0) is 11.4. The third-order valence-corrected chi connectivity index (χ3v) is 4.16. The normalized spacial score (nSPS) is 24.1. The lowest BCUT2D eigenvalue weighted by Gasteiger charge is -2.07. The summed E-state index contributed by atoms with van der Waals surface area (Å²) >= 11 is 1.85. The van der Waals surface area contributed by atoms with Crippen LogP contribution in [0, 0.1) is 5.92 Å². The highest BCUT2D eigenvalue weighted by molar-refractivity contribution is 8.14. The fourth-order valence-corrected chi connectivity index (χ4v) is 3.01. The Morgan fingerprint density at radius 3 is 3.06 bits per heavy atom. The van der Waals surface area contributed by atoms with Crippen LogP contribution in [-0.4, -0.2) is 36.0 Å². The van der Waals surface area contributed by atoms with E-state index in [-0.39, 0.29) is 5.91 Å². The number of amides is 1. The molecule has 2 rings (SSSR count). The van der Waals surface area contributed by atoms with Gasteiger partial charge in [-0.2, -0.15) is 0 Å². The number of hydrogen-bond donors (Lipinski definition) is 2. The summed E-state index contributed by atoms with van der Waals surface area (Å²) in [7, 11) is 0. The van der Waals surface area contributed by atoms with Crippen molar-refractivity contribution < 1.29 is 4.79 Å². The van der Waals surface area contributed by atoms with Crippen LogP contribution in [0.4, 0.5) is 0 Å². The third-order valence-electron chi connectivity index (χ3n) is 2.83. The topological polar surface area (TPSA) is 53.5 Å². The third kappa shape index (κ3) is 3.40. The molecule has 0 aromatic heterocycles. The van der Waals surface area contributed by atoms with Gasteiger partial charge in [-0.1, -0.05) is 11.8 Å². The molecule has 0 aromatic carbocycles. The Balaban J connectivity index is 1.58. The highest BCUT2D eigenvalue weighted by Gasteiger charge is 2.35. The summed E-state index contributed by atoms with van der Waals surface area (Å²) in [5.41, 5.74) is 0. The summed E-state index contributed by atoms with van der Waals surface area (Å²) in [6, 6.07) is 0. The van der Waals surface area contributed by atoms with Crippen molar-refractivity contribution in [2.45, 2.75) is 31.4 Å². The largest absolute Gasteiger partial charge is 0.364 e. The van der Waals surface area contributed by atoms with E-state index in [9.17, 15) is 4.79 Å². The van der Waals surface area contributed by atoms with Gasteiger partial charge in [0.2, 0.25) is 5.91 Å². The van der Waals surface area contributed by atoms with Crippen LogP contribution in [0.2, 0.25) is 0 Å². The first-order valence-electron chi connectivity index (χ1n) is 6.01. The SMILES string of the molecule is CCNC(=O)CCNC1=NCC(C2CC2)S1. The number of hydrogen-bond acceptors (Lipinski definition) is 4. The number of nitrogens with one attached hydrogen (secondary N) is 2. The molecular formula is C11H19N3OS. The molecule has 90 valence electrons. The van der Waals surface area contributed by atoms with E-state index in [1.807, 2.05) is 18.7 Å². The van der Waals surface area contributed by atoms with E-state index in [2.05, 4.69) is 15.6 Å². The predicted octanol–water partition coefficient (Wildman–Crippen LogP) is 0.984. The Morgan fingerprint density at radius 1 is 1.56 bits per heavy atom. The van der Waals surface area contributed by atoms with Crippen molar-refractivity contribution >= 4 is 22.8 Å². The molecule has 4 nitrogen and oxygen atoms in total. The van der Waals surface area contributed by atoms with Crippen molar-refractivity contribution in [2.24, 2.45) is 10.9 Å². The van der Waals surface area contributed by atoms with E-state index in [1.165, 1.54) is 12.8 Å². The van der Waals surface area contributed by atoms with E-state index in [0.29, 0.717) is 24.8 Å². The minimum atomic E-state index is 0.109. The van der Waals surface area contributed by atoms with Gasteiger partial charge >= 0.3 is 0 Å². The summed E-state index contributed by atoms with van der Waals surface area (Å²) < 4.78 is 0. The molecule has 2 aliphatic rings. The van der Waals surface area contributed by atoms with Crippen LogP contribution in [0.3, 0.4) is 0 Å². The van der Waals surface area contributed by atoms with Crippen LogP contribution < -0.4 is 10.6 Å². The van der Waals surface area contributed by atoms with Gasteiger partial charge in [0.15, 0.2) is 5.17 Å². The first-order valence-corrected chi connectivity index (χ1v) is 6.89. The fourth-order valence-electron chi connectivity index (χ4n) is 1.77. The number of carbonyl (C=O) groups is 1. The molecule has 1 unspecified atom stereocenters. The van der Waals surface area contributed by atoms with Gasteiger partial charge in [0.05, 0.1) is 6.54 Å². The van der Waals surface area contributed by atoms with Crippen LogP contribution in [0.25, 0.3) is 0 Å². The minimum Gasteiger partial charge on any atom is -0.364 e. The Labute approximate surface area is 101 Å². The van der Waals surface area contributed by atoms with E-state index in [4.69, 9.17) is 0 Å². The second-order valence-electron chi connectivity index (χ2n) is 4.27. The van der Waals surface area contributed by atoms with Gasteiger partial charge in [0.1, 0.15) is 0 Å². The number of rotatable bonds is 5. The molecule has 2 N–H and O–H groups in total. The molecule has 1 amide bonds. The minimum absolute atomic E-state index is 0.109. The standard InChI is InChI=1S/C11H19N3OS/c1-2-12-10(15)5-6-13-11-14-7-9(16-11)8-3-4-8/h8-9H,2-7H2,1H3,(H,12,15)(H,13,14). The molecule has 0 spiro atoms. The Kier molecular flexibility index (Phi) is 4.09. The second-order valence-corrected chi connectivity index (χ2v) is 5.50. The van der Waals surface area contributed by atoms with Crippen molar-refractivity contribution in [3.63, 3.8) is 0 Å². The van der Waals surface area contributed by atoms with Crippen molar-refractivity contribution in [3.8, 4) is 0 Å². The highest BCUT2D eigenvalue weighted by atomic mass is 32.2. The van der Waals surface area contributed by atoms with Gasteiger partial charge in [0, 0.05) is 24.8 Å². The summed E-state index contributed by atoms with van der Waals surface area (Å²) in [6.45, 7) is 4.29. The van der Waals surface area contributed by atoms with Crippen LogP contribution in [0.1, 0.15) is 26.2 Å². The molecule has 5 heteroatoms. The smallest absolute Gasteiger partial charge is 0.221 e. The number of thioether (sulfide) groups is 1. The fraction of sp³-hybridized carbons (Fsp3) is 0.818. The van der Waals surface area contributed by atoms with Crippen molar-refractivity contribution in [3.05, 3.63) is 0 Å². The Morgan fingerprint density at radius 2 is 2.38 bits per heavy atom. The number of aliphatic imine (C=N–C) groups is 1. The average molecular weight is 241 g/mol. The highest BCUT2D eigenvalue weighted by Crippen LogP contribution is 2.41. The second kappa shape index (κ2) is 5.57. The van der Waals surface area contributed by atoms with Gasteiger partial charge < -0.3 is 10.6 Å². The van der Waals surface area contributed by atoms with Crippen molar-refractivity contribution in [2.75, 3.05) is 19.6 Å². The van der Waals surface area contributed by atoms with Gasteiger partial charge in [-0.3, -0.25) is 9.79 Å². The van der Waals surface area contributed by atoms with Crippen LogP contribution in [-0.2, 0) is 4.79 Å². The van der Waals surface area contributed by atoms with Crippen LogP contribution >= 0.6 is 11.8 Å². The van der Waals surface area contributed by atoms with Gasteiger partial charge in [-0.05, 0) is 25.7 Å². The molecule has 1 heterocycles. The summed E-state index contributed by atoms with van der Waals surface area (Å²) in [5, 5.41) is 7.75. The number of carbonyl (C=O) groups excluding carboxylic acids is 1. The molecule has 1 aliphatic heterocycles. The maximum atomic E-state index is 11.2. The molecular weight excluding hydrogens is 222 g/mol. The zero-order valence-corrected chi connectivity index (χ0v) is 10.5. The van der Waals surface area contributed by atoms with Gasteiger partial charge in [0.25, 0.3) is 0 Å². The lowest BCUT2D eigenvalue weighted by molar-refractivity contribution is -0.120. The predicted molar refractivity (Wildman–Crippen MR) is 67.7 cm³/mol.